The van der Waals surface area contributed by atoms with Crippen LogP contribution in [-0.2, 0) is 23.1 Å². The molecule has 0 aliphatic carbocycles. The van der Waals surface area contributed by atoms with Gasteiger partial charge in [-0.2, -0.15) is 0 Å². The lowest BCUT2D eigenvalue weighted by Crippen LogP contribution is -2.52. The van der Waals surface area contributed by atoms with Crippen molar-refractivity contribution in [2.45, 2.75) is 18.3 Å². The van der Waals surface area contributed by atoms with E-state index in [1.54, 1.807) is 12.0 Å². The summed E-state index contributed by atoms with van der Waals surface area (Å²) in [6.45, 7) is 0. The fourth-order valence-electron chi connectivity index (χ4n) is 4.15. The van der Waals surface area contributed by atoms with E-state index in [9.17, 15) is 4.79 Å². The number of carbonyl (C=O) groups excluding carboxylic acids is 1. The molecule has 3 heteroatoms. The van der Waals surface area contributed by atoms with Gasteiger partial charge < -0.3 is 9.64 Å². The third kappa shape index (κ3) is 2.99. The van der Waals surface area contributed by atoms with E-state index in [0.717, 1.165) is 22.6 Å². The van der Waals surface area contributed by atoms with Crippen LogP contribution in [0.3, 0.4) is 0 Å². The molecular weight excluding hydrogens is 334 g/mol. The number of anilines is 1. The second-order valence-electron chi connectivity index (χ2n) is 7.15. The summed E-state index contributed by atoms with van der Waals surface area (Å²) in [7, 11) is 3.54. The lowest BCUT2D eigenvalue weighted by atomic mass is 9.68. The number of benzene rings is 3. The highest BCUT2D eigenvalue weighted by Gasteiger charge is 2.46. The number of hydrogen-bond donors (Lipinski definition) is 0. The minimum Gasteiger partial charge on any atom is -0.497 e. The van der Waals surface area contributed by atoms with Crippen LogP contribution < -0.4 is 9.64 Å². The highest BCUT2D eigenvalue weighted by Crippen LogP contribution is 2.42. The molecule has 0 saturated heterocycles. The standard InChI is InChI=1S/C24H23NO2/c1-25-22-14-7-6-11-19(22)17-24(23(25)26,16-18-9-4-3-5-10-18)20-12-8-13-21(15-20)27-2/h3-15H,16-17H2,1-2H3. The first kappa shape index (κ1) is 17.3. The molecule has 0 bridgehead atoms. The molecular formula is C24H23NO2. The van der Waals surface area contributed by atoms with Crippen molar-refractivity contribution in [1.82, 2.24) is 0 Å². The van der Waals surface area contributed by atoms with Crippen molar-refractivity contribution in [3.05, 3.63) is 95.6 Å². The Kier molecular flexibility index (Phi) is 4.44. The van der Waals surface area contributed by atoms with E-state index >= 15 is 0 Å². The molecule has 1 unspecified atom stereocenters. The molecule has 0 N–H and O–H groups in total. The Hall–Kier alpha value is -3.07. The van der Waals surface area contributed by atoms with E-state index in [1.165, 1.54) is 5.56 Å². The van der Waals surface area contributed by atoms with Crippen LogP contribution in [0.4, 0.5) is 5.69 Å². The summed E-state index contributed by atoms with van der Waals surface area (Å²) in [5.74, 6) is 0.896. The maximum absolute atomic E-state index is 13.7. The van der Waals surface area contributed by atoms with Gasteiger partial charge in [-0.3, -0.25) is 4.79 Å². The molecule has 1 atom stereocenters. The minimum absolute atomic E-state index is 0.123. The average molecular weight is 357 g/mol. The molecule has 0 spiro atoms. The second-order valence-corrected chi connectivity index (χ2v) is 7.15. The van der Waals surface area contributed by atoms with Crippen molar-refractivity contribution in [3.63, 3.8) is 0 Å². The van der Waals surface area contributed by atoms with Gasteiger partial charge in [-0.05, 0) is 47.7 Å². The Labute approximate surface area is 160 Å². The fourth-order valence-corrected chi connectivity index (χ4v) is 4.15. The Morgan fingerprint density at radius 1 is 0.963 bits per heavy atom. The van der Waals surface area contributed by atoms with Gasteiger partial charge in [0.05, 0.1) is 12.5 Å². The van der Waals surface area contributed by atoms with Gasteiger partial charge >= 0.3 is 0 Å². The zero-order chi connectivity index (χ0) is 18.9. The Morgan fingerprint density at radius 2 is 1.70 bits per heavy atom. The lowest BCUT2D eigenvalue weighted by molar-refractivity contribution is -0.124. The molecule has 1 aliphatic heterocycles. The van der Waals surface area contributed by atoms with E-state index in [1.807, 2.05) is 67.7 Å². The topological polar surface area (TPSA) is 29.5 Å². The monoisotopic (exact) mass is 357 g/mol. The van der Waals surface area contributed by atoms with Crippen molar-refractivity contribution in [1.29, 1.82) is 0 Å². The summed E-state index contributed by atoms with van der Waals surface area (Å²) in [5, 5.41) is 0. The van der Waals surface area contributed by atoms with Crippen LogP contribution in [0.15, 0.2) is 78.9 Å². The largest absolute Gasteiger partial charge is 0.497 e. The summed E-state index contributed by atoms with van der Waals surface area (Å²) in [6, 6.07) is 26.4. The number of likely N-dealkylation sites (N-methyl/N-ethyl adjacent to an activating group) is 1. The predicted octanol–water partition coefficient (Wildman–Crippen LogP) is 4.39. The molecule has 0 saturated carbocycles. The van der Waals surface area contributed by atoms with Crippen molar-refractivity contribution in [2.24, 2.45) is 0 Å². The maximum Gasteiger partial charge on any atom is 0.238 e. The van der Waals surface area contributed by atoms with E-state index in [0.29, 0.717) is 12.8 Å². The summed E-state index contributed by atoms with van der Waals surface area (Å²) in [6.07, 6.45) is 1.33. The Bertz CT molecular complexity index is 967. The smallest absolute Gasteiger partial charge is 0.238 e. The van der Waals surface area contributed by atoms with Gasteiger partial charge in [-0.1, -0.05) is 60.7 Å². The predicted molar refractivity (Wildman–Crippen MR) is 108 cm³/mol. The number of hydrogen-bond acceptors (Lipinski definition) is 2. The molecule has 0 fully saturated rings. The summed E-state index contributed by atoms with van der Waals surface area (Å²) < 4.78 is 5.45. The molecule has 136 valence electrons. The van der Waals surface area contributed by atoms with Crippen LogP contribution >= 0.6 is 0 Å². The van der Waals surface area contributed by atoms with Crippen molar-refractivity contribution in [3.8, 4) is 5.75 Å². The van der Waals surface area contributed by atoms with Gasteiger partial charge in [-0.25, -0.2) is 0 Å². The van der Waals surface area contributed by atoms with Crippen LogP contribution in [-0.4, -0.2) is 20.1 Å². The third-order valence-electron chi connectivity index (χ3n) is 5.53. The number of para-hydroxylation sites is 1. The minimum atomic E-state index is -0.654. The van der Waals surface area contributed by atoms with Crippen LogP contribution in [0.2, 0.25) is 0 Å². The van der Waals surface area contributed by atoms with Gasteiger partial charge in [0.1, 0.15) is 5.75 Å². The molecule has 3 aromatic carbocycles. The number of rotatable bonds is 4. The van der Waals surface area contributed by atoms with Gasteiger partial charge in [0.25, 0.3) is 0 Å². The number of ether oxygens (including phenoxy) is 1. The van der Waals surface area contributed by atoms with Crippen LogP contribution in [0, 0.1) is 0 Å². The number of amides is 1. The highest BCUT2D eigenvalue weighted by molar-refractivity contribution is 6.04. The van der Waals surface area contributed by atoms with Gasteiger partial charge in [-0.15, -0.1) is 0 Å². The quantitative estimate of drug-likeness (QED) is 0.693. The number of nitrogens with zero attached hydrogens (tertiary/aromatic N) is 1. The van der Waals surface area contributed by atoms with Gasteiger partial charge in [0.15, 0.2) is 0 Å². The van der Waals surface area contributed by atoms with Crippen molar-refractivity contribution in [2.75, 3.05) is 19.1 Å². The van der Waals surface area contributed by atoms with Gasteiger partial charge in [0.2, 0.25) is 5.91 Å². The Balaban J connectivity index is 1.90. The fraction of sp³-hybridized carbons (Fsp3) is 0.208. The van der Waals surface area contributed by atoms with E-state index < -0.39 is 5.41 Å². The average Bonchev–Trinajstić information content (AvgIpc) is 2.72. The molecule has 3 aromatic rings. The lowest BCUT2D eigenvalue weighted by Gasteiger charge is -2.42. The first-order chi connectivity index (χ1) is 13.1. The van der Waals surface area contributed by atoms with E-state index in [2.05, 4.69) is 18.2 Å². The van der Waals surface area contributed by atoms with Crippen molar-refractivity contribution >= 4 is 11.6 Å². The summed E-state index contributed by atoms with van der Waals surface area (Å²) in [4.78, 5) is 15.5. The molecule has 27 heavy (non-hydrogen) atoms. The molecule has 1 heterocycles. The highest BCUT2D eigenvalue weighted by atomic mass is 16.5. The number of carbonyl (C=O) groups is 1. The maximum atomic E-state index is 13.7. The number of fused-ring (bicyclic) bond motifs is 1. The zero-order valence-corrected chi connectivity index (χ0v) is 15.7. The summed E-state index contributed by atoms with van der Waals surface area (Å²) in [5.41, 5.74) is 3.69. The molecule has 3 nitrogen and oxygen atoms in total. The molecule has 1 amide bonds. The third-order valence-corrected chi connectivity index (χ3v) is 5.53. The van der Waals surface area contributed by atoms with E-state index in [4.69, 9.17) is 4.74 Å². The number of methoxy groups -OCH3 is 1. The second kappa shape index (κ2) is 6.92. The normalized spacial score (nSPS) is 18.9. The van der Waals surface area contributed by atoms with Crippen LogP contribution in [0.5, 0.6) is 5.75 Å². The Morgan fingerprint density at radius 3 is 2.48 bits per heavy atom. The first-order valence-electron chi connectivity index (χ1n) is 9.18. The van der Waals surface area contributed by atoms with Crippen LogP contribution in [0.1, 0.15) is 16.7 Å². The SMILES string of the molecule is COc1cccc(C2(Cc3ccccc3)Cc3ccccc3N(C)C2=O)c1. The molecule has 0 radical (unpaired) electrons. The first-order valence-corrected chi connectivity index (χ1v) is 9.18. The molecule has 1 aliphatic rings. The van der Waals surface area contributed by atoms with Crippen LogP contribution in [0.25, 0.3) is 0 Å². The zero-order valence-electron chi connectivity index (χ0n) is 15.7. The summed E-state index contributed by atoms with van der Waals surface area (Å²) >= 11 is 0. The van der Waals surface area contributed by atoms with Crippen molar-refractivity contribution < 1.29 is 9.53 Å². The van der Waals surface area contributed by atoms with Gasteiger partial charge in [0, 0.05) is 12.7 Å². The molecule has 4 rings (SSSR count). The molecule has 0 aromatic heterocycles. The van der Waals surface area contributed by atoms with E-state index in [-0.39, 0.29) is 5.91 Å².